The number of nitrogens with two attached hydrogens (primary N) is 1. The summed E-state index contributed by atoms with van der Waals surface area (Å²) in [5.41, 5.74) is 7.68. The van der Waals surface area contributed by atoms with Crippen molar-refractivity contribution in [2.45, 2.75) is 71.3 Å². The van der Waals surface area contributed by atoms with Crippen molar-refractivity contribution in [3.63, 3.8) is 0 Å². The highest BCUT2D eigenvalue weighted by Crippen LogP contribution is 2.21. The van der Waals surface area contributed by atoms with Gasteiger partial charge >= 0.3 is 0 Å². The van der Waals surface area contributed by atoms with E-state index in [1.54, 1.807) is 6.07 Å². The van der Waals surface area contributed by atoms with E-state index in [4.69, 9.17) is 5.73 Å². The zero-order chi connectivity index (χ0) is 14.1. The Labute approximate surface area is 117 Å². The van der Waals surface area contributed by atoms with Crippen LogP contribution >= 0.6 is 0 Å². The van der Waals surface area contributed by atoms with Gasteiger partial charge in [0.2, 0.25) is 0 Å². The van der Waals surface area contributed by atoms with Crippen LogP contribution in [-0.2, 0) is 0 Å². The predicted octanol–water partition coefficient (Wildman–Crippen LogP) is 5.27. The lowest BCUT2D eigenvalue weighted by atomic mass is 9.99. The Hall–Kier alpha value is -0.890. The Morgan fingerprint density at radius 1 is 1.05 bits per heavy atom. The summed E-state index contributed by atoms with van der Waals surface area (Å²) in [5, 5.41) is 0. The topological polar surface area (TPSA) is 26.0 Å². The third-order valence-corrected chi connectivity index (χ3v) is 3.67. The van der Waals surface area contributed by atoms with Crippen molar-refractivity contribution in [2.24, 2.45) is 5.73 Å². The summed E-state index contributed by atoms with van der Waals surface area (Å²) in [6, 6.07) is 5.18. The van der Waals surface area contributed by atoms with Gasteiger partial charge in [-0.3, -0.25) is 0 Å². The molecule has 0 aliphatic heterocycles. The molecule has 1 aromatic rings. The van der Waals surface area contributed by atoms with Gasteiger partial charge in [-0.15, -0.1) is 0 Å². The molecule has 1 aromatic carbocycles. The van der Waals surface area contributed by atoms with Crippen LogP contribution in [-0.4, -0.2) is 0 Å². The maximum absolute atomic E-state index is 13.7. The molecule has 1 nitrogen and oxygen atoms in total. The Morgan fingerprint density at radius 3 is 2.32 bits per heavy atom. The van der Waals surface area contributed by atoms with E-state index >= 15 is 0 Å². The van der Waals surface area contributed by atoms with E-state index in [0.717, 1.165) is 18.4 Å². The highest BCUT2D eigenvalue weighted by molar-refractivity contribution is 5.25. The third kappa shape index (κ3) is 6.20. The van der Waals surface area contributed by atoms with Crippen LogP contribution in [0.4, 0.5) is 4.39 Å². The molecule has 0 saturated carbocycles. The van der Waals surface area contributed by atoms with Crippen LogP contribution < -0.4 is 5.73 Å². The quantitative estimate of drug-likeness (QED) is 0.604. The van der Waals surface area contributed by atoms with Gasteiger partial charge in [-0.25, -0.2) is 4.39 Å². The van der Waals surface area contributed by atoms with Gasteiger partial charge in [-0.1, -0.05) is 64.0 Å². The van der Waals surface area contributed by atoms with Crippen LogP contribution in [0.15, 0.2) is 18.2 Å². The van der Waals surface area contributed by atoms with Crippen LogP contribution in [0.5, 0.6) is 0 Å². The van der Waals surface area contributed by atoms with Crippen molar-refractivity contribution in [3.05, 3.63) is 35.1 Å². The maximum atomic E-state index is 13.7. The van der Waals surface area contributed by atoms with E-state index in [-0.39, 0.29) is 11.9 Å². The van der Waals surface area contributed by atoms with Crippen molar-refractivity contribution in [2.75, 3.05) is 0 Å². The zero-order valence-corrected chi connectivity index (χ0v) is 12.4. The first-order valence-electron chi connectivity index (χ1n) is 7.66. The van der Waals surface area contributed by atoms with Crippen LogP contribution in [0.2, 0.25) is 0 Å². The summed E-state index contributed by atoms with van der Waals surface area (Å²) in [6.45, 7) is 4.13. The van der Waals surface area contributed by atoms with Crippen LogP contribution in [0.25, 0.3) is 0 Å². The molecule has 0 heterocycles. The number of rotatable bonds is 9. The molecule has 0 aliphatic carbocycles. The van der Waals surface area contributed by atoms with Crippen LogP contribution in [0.1, 0.15) is 75.5 Å². The molecule has 0 fully saturated rings. The van der Waals surface area contributed by atoms with Gasteiger partial charge in [0.05, 0.1) is 0 Å². The van der Waals surface area contributed by atoms with E-state index < -0.39 is 0 Å². The molecule has 0 aliphatic rings. The molecule has 1 unspecified atom stereocenters. The first-order valence-corrected chi connectivity index (χ1v) is 7.66. The lowest BCUT2D eigenvalue weighted by molar-refractivity contribution is 0.520. The second-order valence-corrected chi connectivity index (χ2v) is 5.54. The summed E-state index contributed by atoms with van der Waals surface area (Å²) in [4.78, 5) is 0. The molecule has 0 aromatic heterocycles. The van der Waals surface area contributed by atoms with Gasteiger partial charge in [0, 0.05) is 11.6 Å². The minimum absolute atomic E-state index is 0.156. The van der Waals surface area contributed by atoms with E-state index in [2.05, 4.69) is 6.92 Å². The zero-order valence-electron chi connectivity index (χ0n) is 12.4. The maximum Gasteiger partial charge on any atom is 0.128 e. The Bertz CT molecular complexity index is 362. The van der Waals surface area contributed by atoms with Gasteiger partial charge in [-0.05, 0) is 25.0 Å². The second-order valence-electron chi connectivity index (χ2n) is 5.54. The van der Waals surface area contributed by atoms with Crippen molar-refractivity contribution in [3.8, 4) is 0 Å². The van der Waals surface area contributed by atoms with Gasteiger partial charge < -0.3 is 5.73 Å². The fourth-order valence-corrected chi connectivity index (χ4v) is 2.41. The highest BCUT2D eigenvalue weighted by Gasteiger charge is 2.10. The highest BCUT2D eigenvalue weighted by atomic mass is 19.1. The molecule has 19 heavy (non-hydrogen) atoms. The molecule has 0 amide bonds. The largest absolute Gasteiger partial charge is 0.324 e. The van der Waals surface area contributed by atoms with Gasteiger partial charge in [0.15, 0.2) is 0 Å². The Balaban J connectivity index is 2.22. The van der Waals surface area contributed by atoms with Crippen molar-refractivity contribution in [1.82, 2.24) is 0 Å². The predicted molar refractivity (Wildman–Crippen MR) is 80.7 cm³/mol. The number of unbranched alkanes of at least 4 members (excludes halogenated alkanes) is 6. The standard InChI is InChI=1S/C17H28FN/c1-3-4-5-6-7-8-9-10-17(19)15-12-11-14(2)13-16(15)18/h11-13,17H,3-10,19H2,1-2H3. The van der Waals surface area contributed by atoms with Gasteiger partial charge in [0.25, 0.3) is 0 Å². The van der Waals surface area contributed by atoms with E-state index in [1.165, 1.54) is 38.5 Å². The monoisotopic (exact) mass is 265 g/mol. The normalized spacial score (nSPS) is 12.6. The summed E-state index contributed by atoms with van der Waals surface area (Å²) in [6.07, 6.45) is 9.77. The summed E-state index contributed by atoms with van der Waals surface area (Å²) < 4.78 is 13.7. The first-order chi connectivity index (χ1) is 9.15. The van der Waals surface area contributed by atoms with E-state index in [1.807, 2.05) is 19.1 Å². The fraction of sp³-hybridized carbons (Fsp3) is 0.647. The molecule has 1 rings (SSSR count). The van der Waals surface area contributed by atoms with E-state index in [9.17, 15) is 4.39 Å². The summed E-state index contributed by atoms with van der Waals surface area (Å²) in [7, 11) is 0. The minimum atomic E-state index is -0.157. The SMILES string of the molecule is CCCCCCCCCC(N)c1ccc(C)cc1F. The van der Waals surface area contributed by atoms with Crippen LogP contribution in [0, 0.1) is 12.7 Å². The van der Waals surface area contributed by atoms with Gasteiger partial charge in [0.1, 0.15) is 5.82 Å². The lowest BCUT2D eigenvalue weighted by Crippen LogP contribution is -2.12. The number of hydrogen-bond acceptors (Lipinski definition) is 1. The number of hydrogen-bond donors (Lipinski definition) is 1. The number of benzene rings is 1. The van der Waals surface area contributed by atoms with Crippen LogP contribution in [0.3, 0.4) is 0 Å². The fourth-order valence-electron chi connectivity index (χ4n) is 2.41. The number of halogens is 1. The molecular weight excluding hydrogens is 237 g/mol. The molecule has 0 radical (unpaired) electrons. The molecule has 2 heteroatoms. The van der Waals surface area contributed by atoms with Crippen molar-refractivity contribution >= 4 is 0 Å². The average Bonchev–Trinajstić information content (AvgIpc) is 2.37. The third-order valence-electron chi connectivity index (χ3n) is 3.67. The van der Waals surface area contributed by atoms with Crippen molar-refractivity contribution < 1.29 is 4.39 Å². The smallest absolute Gasteiger partial charge is 0.128 e. The Kier molecular flexibility index (Phi) is 7.73. The van der Waals surface area contributed by atoms with Crippen molar-refractivity contribution in [1.29, 1.82) is 0 Å². The summed E-state index contributed by atoms with van der Waals surface area (Å²) >= 11 is 0. The minimum Gasteiger partial charge on any atom is -0.324 e. The first kappa shape index (κ1) is 16.2. The second kappa shape index (κ2) is 9.08. The molecule has 0 bridgehead atoms. The molecule has 0 spiro atoms. The number of aryl methyl sites for hydroxylation is 1. The molecular formula is C17H28FN. The summed E-state index contributed by atoms with van der Waals surface area (Å²) in [5.74, 6) is -0.157. The molecule has 0 saturated heterocycles. The van der Waals surface area contributed by atoms with E-state index in [0.29, 0.717) is 5.56 Å². The molecule has 2 N–H and O–H groups in total. The van der Waals surface area contributed by atoms with Gasteiger partial charge in [-0.2, -0.15) is 0 Å². The average molecular weight is 265 g/mol. The Morgan fingerprint density at radius 2 is 1.68 bits per heavy atom. The molecule has 108 valence electrons. The lowest BCUT2D eigenvalue weighted by Gasteiger charge is -2.13. The molecule has 1 atom stereocenters.